The molecular weight excluding hydrogens is 367 g/mol. The highest BCUT2D eigenvalue weighted by molar-refractivity contribution is 5.82. The Hall–Kier alpha value is -1.77. The molecule has 2 unspecified atom stereocenters. The number of nitrogens with one attached hydrogen (secondary N) is 1. The number of halogens is 1. The van der Waals surface area contributed by atoms with Gasteiger partial charge in [-0.05, 0) is 25.0 Å². The Balaban J connectivity index is 5.49. The van der Waals surface area contributed by atoms with E-state index in [-0.39, 0.29) is 0 Å². The minimum absolute atomic E-state index is 0.408. The lowest BCUT2D eigenvalue weighted by atomic mass is 10.0. The average molecular weight is 403 g/mol. The molecule has 0 aliphatic carbocycles. The molecule has 1 amide bonds. The highest BCUT2D eigenvalue weighted by Gasteiger charge is 2.43. The summed E-state index contributed by atoms with van der Waals surface area (Å²) in [6.07, 6.45) is 4.76. The predicted molar refractivity (Wildman–Crippen MR) is 107 cm³/mol. The van der Waals surface area contributed by atoms with E-state index in [4.69, 9.17) is 9.47 Å². The number of carboxylic acid groups (broad SMARTS) is 1. The zero-order valence-corrected chi connectivity index (χ0v) is 17.7. The monoisotopic (exact) mass is 402 g/mol. The molecule has 7 nitrogen and oxygen atoms in total. The van der Waals surface area contributed by atoms with Gasteiger partial charge in [-0.25, -0.2) is 4.39 Å². The molecule has 162 valence electrons. The van der Waals surface area contributed by atoms with Gasteiger partial charge in [0.1, 0.15) is 6.67 Å². The van der Waals surface area contributed by atoms with Gasteiger partial charge in [-0.2, -0.15) is 0 Å². The number of hydrogen-bond donors (Lipinski definition) is 2. The SMILES string of the molecule is C=C(/C=C\CC)CN(CC)C(CC)C(=O)NC(CC(=O)O)C(CF)(OC)OC. The third-order valence-electron chi connectivity index (χ3n) is 4.64. The molecule has 0 aliphatic heterocycles. The van der Waals surface area contributed by atoms with Crippen LogP contribution in [0, 0.1) is 0 Å². The quantitative estimate of drug-likeness (QED) is 0.323. The lowest BCUT2D eigenvalue weighted by molar-refractivity contribution is -0.234. The summed E-state index contributed by atoms with van der Waals surface area (Å²) in [4.78, 5) is 26.1. The molecule has 0 spiro atoms. The molecular formula is C20H35FN2O5. The van der Waals surface area contributed by atoms with Crippen LogP contribution in [-0.2, 0) is 19.1 Å². The zero-order valence-electron chi connectivity index (χ0n) is 17.7. The molecule has 0 aromatic rings. The number of allylic oxidation sites excluding steroid dienone is 1. The average Bonchev–Trinajstić information content (AvgIpc) is 2.67. The van der Waals surface area contributed by atoms with Gasteiger partial charge < -0.3 is 19.9 Å². The van der Waals surface area contributed by atoms with Crippen molar-refractivity contribution in [2.75, 3.05) is 34.0 Å². The number of ether oxygens (including phenoxy) is 2. The third kappa shape index (κ3) is 7.69. The van der Waals surface area contributed by atoms with Crippen LogP contribution in [0.4, 0.5) is 4.39 Å². The van der Waals surface area contributed by atoms with Crippen LogP contribution in [0.5, 0.6) is 0 Å². The first-order valence-corrected chi connectivity index (χ1v) is 9.51. The first-order chi connectivity index (χ1) is 13.2. The number of alkyl halides is 1. The summed E-state index contributed by atoms with van der Waals surface area (Å²) in [6.45, 7) is 9.80. The van der Waals surface area contributed by atoms with E-state index in [0.29, 0.717) is 19.5 Å². The van der Waals surface area contributed by atoms with E-state index < -0.39 is 42.8 Å². The van der Waals surface area contributed by atoms with Gasteiger partial charge in [-0.3, -0.25) is 14.5 Å². The molecule has 0 aliphatic rings. The molecule has 0 fully saturated rings. The molecule has 2 N–H and O–H groups in total. The van der Waals surface area contributed by atoms with E-state index in [1.54, 1.807) is 0 Å². The number of nitrogens with zero attached hydrogens (tertiary/aromatic N) is 1. The van der Waals surface area contributed by atoms with Gasteiger partial charge in [0.25, 0.3) is 0 Å². The lowest BCUT2D eigenvalue weighted by Crippen LogP contribution is -2.60. The van der Waals surface area contributed by atoms with E-state index >= 15 is 0 Å². The molecule has 0 saturated heterocycles. The fourth-order valence-electron chi connectivity index (χ4n) is 2.98. The zero-order chi connectivity index (χ0) is 21.7. The van der Waals surface area contributed by atoms with Gasteiger partial charge in [0.15, 0.2) is 0 Å². The summed E-state index contributed by atoms with van der Waals surface area (Å²) in [5, 5.41) is 11.8. The molecule has 0 saturated carbocycles. The standard InChI is InChI=1S/C20H35FN2O5/c1-7-10-11-15(4)13-23(9-3)16(8-2)19(26)22-17(12-18(24)25)20(14-21,27-5)28-6/h10-11,16-17H,4,7-9,12-14H2,1-3,5-6H3,(H,22,26)(H,24,25)/b11-10-. The van der Waals surface area contributed by atoms with Crippen molar-refractivity contribution in [1.29, 1.82) is 0 Å². The van der Waals surface area contributed by atoms with Crippen LogP contribution < -0.4 is 5.32 Å². The maximum Gasteiger partial charge on any atom is 0.305 e. The highest BCUT2D eigenvalue weighted by Crippen LogP contribution is 2.21. The molecule has 0 radical (unpaired) electrons. The topological polar surface area (TPSA) is 88.1 Å². The number of carbonyl (C=O) groups is 2. The van der Waals surface area contributed by atoms with Crippen molar-refractivity contribution >= 4 is 11.9 Å². The van der Waals surface area contributed by atoms with Crippen molar-refractivity contribution in [3.05, 3.63) is 24.3 Å². The van der Waals surface area contributed by atoms with Crippen LogP contribution in [0.1, 0.15) is 40.0 Å². The number of carboxylic acids is 1. The van der Waals surface area contributed by atoms with Crippen LogP contribution in [0.25, 0.3) is 0 Å². The second-order valence-corrected chi connectivity index (χ2v) is 6.47. The van der Waals surface area contributed by atoms with Crippen molar-refractivity contribution in [3.63, 3.8) is 0 Å². The summed E-state index contributed by atoms with van der Waals surface area (Å²) in [5.74, 6) is -3.47. The summed E-state index contributed by atoms with van der Waals surface area (Å²) in [5.41, 5.74) is 0.865. The van der Waals surface area contributed by atoms with E-state index in [9.17, 15) is 19.1 Å². The van der Waals surface area contributed by atoms with Gasteiger partial charge in [0.05, 0.1) is 18.5 Å². The van der Waals surface area contributed by atoms with E-state index in [1.165, 1.54) is 14.2 Å². The number of hydrogen-bond acceptors (Lipinski definition) is 5. The summed E-state index contributed by atoms with van der Waals surface area (Å²) in [7, 11) is 2.42. The normalized spacial score (nSPS) is 14.2. The van der Waals surface area contributed by atoms with Crippen LogP contribution >= 0.6 is 0 Å². The number of methoxy groups -OCH3 is 2. The Morgan fingerprint density at radius 3 is 2.29 bits per heavy atom. The Morgan fingerprint density at radius 1 is 1.29 bits per heavy atom. The van der Waals surface area contributed by atoms with Crippen LogP contribution in [-0.4, -0.2) is 73.7 Å². The smallest absolute Gasteiger partial charge is 0.305 e. The summed E-state index contributed by atoms with van der Waals surface area (Å²) < 4.78 is 23.8. The molecule has 0 aromatic heterocycles. The summed E-state index contributed by atoms with van der Waals surface area (Å²) in [6, 6.07) is -1.72. The maximum absolute atomic E-state index is 13.6. The number of aliphatic carboxylic acids is 1. The van der Waals surface area contributed by atoms with E-state index in [2.05, 4.69) is 11.9 Å². The van der Waals surface area contributed by atoms with Gasteiger partial charge in [-0.15, -0.1) is 0 Å². The Morgan fingerprint density at radius 2 is 1.89 bits per heavy atom. The molecule has 0 heterocycles. The lowest BCUT2D eigenvalue weighted by Gasteiger charge is -2.37. The third-order valence-corrected chi connectivity index (χ3v) is 4.64. The Kier molecular flexibility index (Phi) is 12.6. The second-order valence-electron chi connectivity index (χ2n) is 6.47. The first-order valence-electron chi connectivity index (χ1n) is 9.51. The van der Waals surface area contributed by atoms with Crippen LogP contribution in [0.3, 0.4) is 0 Å². The van der Waals surface area contributed by atoms with Gasteiger partial charge >= 0.3 is 5.97 Å². The van der Waals surface area contributed by atoms with Crippen molar-refractivity contribution in [2.45, 2.75) is 57.9 Å². The van der Waals surface area contributed by atoms with Crippen molar-refractivity contribution in [1.82, 2.24) is 10.2 Å². The molecule has 2 atom stereocenters. The number of carbonyl (C=O) groups excluding carboxylic acids is 1. The van der Waals surface area contributed by atoms with Crippen LogP contribution in [0.2, 0.25) is 0 Å². The van der Waals surface area contributed by atoms with Crippen molar-refractivity contribution in [3.8, 4) is 0 Å². The van der Waals surface area contributed by atoms with E-state index in [1.807, 2.05) is 37.8 Å². The van der Waals surface area contributed by atoms with Crippen molar-refractivity contribution in [2.24, 2.45) is 0 Å². The number of likely N-dealkylation sites (N-methyl/N-ethyl adjacent to an activating group) is 1. The second kappa shape index (κ2) is 13.4. The molecule has 0 rings (SSSR count). The first kappa shape index (κ1) is 26.2. The van der Waals surface area contributed by atoms with Crippen LogP contribution in [0.15, 0.2) is 24.3 Å². The molecule has 8 heteroatoms. The largest absolute Gasteiger partial charge is 0.481 e. The Labute approximate surface area is 167 Å². The fraction of sp³-hybridized carbons (Fsp3) is 0.700. The summed E-state index contributed by atoms with van der Waals surface area (Å²) >= 11 is 0. The molecule has 0 aromatic carbocycles. The highest BCUT2D eigenvalue weighted by atomic mass is 19.1. The Bertz CT molecular complexity index is 526. The molecule has 28 heavy (non-hydrogen) atoms. The number of rotatable bonds is 15. The van der Waals surface area contributed by atoms with E-state index in [0.717, 1.165) is 12.0 Å². The van der Waals surface area contributed by atoms with Gasteiger partial charge in [-0.1, -0.05) is 39.5 Å². The van der Waals surface area contributed by atoms with Crippen molar-refractivity contribution < 1.29 is 28.6 Å². The minimum atomic E-state index is -1.86. The van der Waals surface area contributed by atoms with Gasteiger partial charge in [0, 0.05) is 20.8 Å². The molecule has 0 bridgehead atoms. The minimum Gasteiger partial charge on any atom is -0.481 e. The predicted octanol–water partition coefficient (Wildman–Crippen LogP) is 2.53. The fourth-order valence-corrected chi connectivity index (χ4v) is 2.98. The maximum atomic E-state index is 13.6. The van der Waals surface area contributed by atoms with Gasteiger partial charge in [0.2, 0.25) is 11.7 Å². The number of amides is 1.